The minimum atomic E-state index is 0.327. The van der Waals surface area contributed by atoms with E-state index in [2.05, 4.69) is 23.9 Å². The Hall–Kier alpha value is -0.120. The molecule has 1 rings (SSSR count). The van der Waals surface area contributed by atoms with E-state index in [1.807, 2.05) is 0 Å². The van der Waals surface area contributed by atoms with Crippen molar-refractivity contribution in [2.75, 3.05) is 40.3 Å². The molecule has 1 atom stereocenters. The Morgan fingerprint density at radius 3 is 2.75 bits per heavy atom. The van der Waals surface area contributed by atoms with Crippen LogP contribution in [0.2, 0.25) is 0 Å². The van der Waals surface area contributed by atoms with E-state index < -0.39 is 0 Å². The van der Waals surface area contributed by atoms with Gasteiger partial charge in [0, 0.05) is 32.3 Å². The largest absolute Gasteiger partial charge is 0.396 e. The van der Waals surface area contributed by atoms with Crippen LogP contribution in [-0.4, -0.2) is 61.3 Å². The number of piperazine rings is 1. The molecule has 0 saturated carbocycles. The van der Waals surface area contributed by atoms with E-state index in [0.29, 0.717) is 12.6 Å². The Balaban J connectivity index is 2.28. The van der Waals surface area contributed by atoms with Crippen LogP contribution >= 0.6 is 0 Å². The first-order valence-electron chi connectivity index (χ1n) is 4.73. The monoisotopic (exact) mass is 172 g/mol. The molecule has 12 heavy (non-hydrogen) atoms. The zero-order valence-corrected chi connectivity index (χ0v) is 8.16. The zero-order chi connectivity index (χ0) is 8.97. The number of rotatable bonds is 3. The molecule has 1 saturated heterocycles. The molecule has 3 nitrogen and oxygen atoms in total. The fourth-order valence-electron chi connectivity index (χ4n) is 1.74. The van der Waals surface area contributed by atoms with E-state index in [1.54, 1.807) is 0 Å². The van der Waals surface area contributed by atoms with Crippen molar-refractivity contribution in [3.63, 3.8) is 0 Å². The Kier molecular flexibility index (Phi) is 3.98. The molecule has 1 N–H and O–H groups in total. The van der Waals surface area contributed by atoms with E-state index >= 15 is 0 Å². The van der Waals surface area contributed by atoms with Gasteiger partial charge in [-0.25, -0.2) is 0 Å². The maximum atomic E-state index is 8.72. The van der Waals surface area contributed by atoms with Crippen LogP contribution in [0.5, 0.6) is 0 Å². The summed E-state index contributed by atoms with van der Waals surface area (Å²) in [6.07, 6.45) is 2.06. The zero-order valence-electron chi connectivity index (χ0n) is 8.16. The summed E-state index contributed by atoms with van der Waals surface area (Å²) in [4.78, 5) is 4.76. The van der Waals surface area contributed by atoms with Gasteiger partial charge in [-0.3, -0.25) is 0 Å². The predicted octanol–water partition coefficient (Wildman–Crippen LogP) is 0.00470. The van der Waals surface area contributed by atoms with Gasteiger partial charge in [-0.15, -0.1) is 0 Å². The summed E-state index contributed by atoms with van der Waals surface area (Å²) in [7, 11) is 4.34. The highest BCUT2D eigenvalue weighted by molar-refractivity contribution is 4.77. The third-order valence-electron chi connectivity index (χ3n) is 2.68. The highest BCUT2D eigenvalue weighted by Gasteiger charge is 2.20. The lowest BCUT2D eigenvalue weighted by Gasteiger charge is -2.37. The highest BCUT2D eigenvalue weighted by atomic mass is 16.2. The van der Waals surface area contributed by atoms with Gasteiger partial charge in [0.2, 0.25) is 0 Å². The second kappa shape index (κ2) is 4.80. The Morgan fingerprint density at radius 2 is 2.08 bits per heavy atom. The van der Waals surface area contributed by atoms with Crippen LogP contribution < -0.4 is 0 Å². The molecule has 0 bridgehead atoms. The molecule has 0 aromatic rings. The van der Waals surface area contributed by atoms with E-state index in [4.69, 9.17) is 5.11 Å². The molecule has 0 unspecified atom stereocenters. The van der Waals surface area contributed by atoms with Crippen LogP contribution in [0.15, 0.2) is 0 Å². The van der Waals surface area contributed by atoms with Gasteiger partial charge >= 0.3 is 0 Å². The van der Waals surface area contributed by atoms with Crippen molar-refractivity contribution in [3.8, 4) is 0 Å². The molecule has 0 spiro atoms. The second-order valence-corrected chi connectivity index (χ2v) is 3.76. The number of aliphatic hydroxyl groups is 1. The molecule has 1 fully saturated rings. The van der Waals surface area contributed by atoms with Gasteiger partial charge in [-0.2, -0.15) is 0 Å². The quantitative estimate of drug-likeness (QED) is 0.649. The molecule has 0 aliphatic carbocycles. The highest BCUT2D eigenvalue weighted by Crippen LogP contribution is 2.10. The lowest BCUT2D eigenvalue weighted by atomic mass is 10.1. The van der Waals surface area contributed by atoms with Crippen LogP contribution in [-0.2, 0) is 0 Å². The number of hydrogen-bond acceptors (Lipinski definition) is 3. The molecule has 1 heterocycles. The SMILES string of the molecule is CN1CCN(C)[C@@H](CCCO)C1. The van der Waals surface area contributed by atoms with Crippen molar-refractivity contribution in [3.05, 3.63) is 0 Å². The molecule has 0 aromatic carbocycles. The molecule has 1 aliphatic heterocycles. The third-order valence-corrected chi connectivity index (χ3v) is 2.68. The molecule has 0 amide bonds. The average Bonchev–Trinajstić information content (AvgIpc) is 2.07. The van der Waals surface area contributed by atoms with Crippen LogP contribution in [0.25, 0.3) is 0 Å². The van der Waals surface area contributed by atoms with E-state index in [1.165, 1.54) is 6.54 Å². The topological polar surface area (TPSA) is 26.7 Å². The maximum Gasteiger partial charge on any atom is 0.0431 e. The summed E-state index contributed by atoms with van der Waals surface area (Å²) in [6.45, 7) is 3.81. The lowest BCUT2D eigenvalue weighted by molar-refractivity contribution is 0.103. The third kappa shape index (κ3) is 2.73. The van der Waals surface area contributed by atoms with E-state index in [-0.39, 0.29) is 0 Å². The van der Waals surface area contributed by atoms with Crippen LogP contribution in [0.4, 0.5) is 0 Å². The van der Waals surface area contributed by atoms with Crippen LogP contribution in [0, 0.1) is 0 Å². The molecular formula is C9H20N2O. The standard InChI is InChI=1S/C9H20N2O/c1-10-5-6-11(2)9(8-10)4-3-7-12/h9,12H,3-8H2,1-2H3/t9-/m0/s1. The second-order valence-electron chi connectivity index (χ2n) is 3.76. The number of aliphatic hydroxyl groups excluding tert-OH is 1. The van der Waals surface area contributed by atoms with Crippen molar-refractivity contribution in [1.82, 2.24) is 9.80 Å². The fourth-order valence-corrected chi connectivity index (χ4v) is 1.74. The molecule has 3 heteroatoms. The molecule has 1 aliphatic rings. The molecular weight excluding hydrogens is 152 g/mol. The van der Waals surface area contributed by atoms with Gasteiger partial charge in [0.15, 0.2) is 0 Å². The minimum Gasteiger partial charge on any atom is -0.396 e. The lowest BCUT2D eigenvalue weighted by Crippen LogP contribution is -2.49. The first-order valence-corrected chi connectivity index (χ1v) is 4.73. The number of likely N-dealkylation sites (N-methyl/N-ethyl adjacent to an activating group) is 2. The summed E-state index contributed by atoms with van der Waals surface area (Å²) in [5.41, 5.74) is 0. The van der Waals surface area contributed by atoms with Gasteiger partial charge in [0.1, 0.15) is 0 Å². The minimum absolute atomic E-state index is 0.327. The smallest absolute Gasteiger partial charge is 0.0431 e. The molecule has 0 radical (unpaired) electrons. The summed E-state index contributed by atoms with van der Waals surface area (Å²) in [5, 5.41) is 8.72. The van der Waals surface area contributed by atoms with Gasteiger partial charge in [0.05, 0.1) is 0 Å². The van der Waals surface area contributed by atoms with Gasteiger partial charge in [-0.1, -0.05) is 0 Å². The number of nitrogens with zero attached hydrogens (tertiary/aromatic N) is 2. The fraction of sp³-hybridized carbons (Fsp3) is 1.00. The Labute approximate surface area is 75.0 Å². The van der Waals surface area contributed by atoms with Crippen molar-refractivity contribution < 1.29 is 5.11 Å². The van der Waals surface area contributed by atoms with E-state index in [0.717, 1.165) is 25.9 Å². The first-order chi connectivity index (χ1) is 5.74. The van der Waals surface area contributed by atoms with Crippen LogP contribution in [0.1, 0.15) is 12.8 Å². The normalized spacial score (nSPS) is 27.8. The summed E-state index contributed by atoms with van der Waals surface area (Å²) in [5.74, 6) is 0. The van der Waals surface area contributed by atoms with Crippen molar-refractivity contribution in [2.24, 2.45) is 0 Å². The Morgan fingerprint density at radius 1 is 1.33 bits per heavy atom. The predicted molar refractivity (Wildman–Crippen MR) is 50.2 cm³/mol. The maximum absolute atomic E-state index is 8.72. The summed E-state index contributed by atoms with van der Waals surface area (Å²) in [6, 6.07) is 0.649. The van der Waals surface area contributed by atoms with Crippen molar-refractivity contribution in [2.45, 2.75) is 18.9 Å². The summed E-state index contributed by atoms with van der Waals surface area (Å²) >= 11 is 0. The summed E-state index contributed by atoms with van der Waals surface area (Å²) < 4.78 is 0. The molecule has 0 aromatic heterocycles. The van der Waals surface area contributed by atoms with E-state index in [9.17, 15) is 0 Å². The van der Waals surface area contributed by atoms with Gasteiger partial charge < -0.3 is 14.9 Å². The average molecular weight is 172 g/mol. The van der Waals surface area contributed by atoms with Crippen molar-refractivity contribution >= 4 is 0 Å². The number of hydrogen-bond donors (Lipinski definition) is 1. The molecule has 72 valence electrons. The van der Waals surface area contributed by atoms with Gasteiger partial charge in [0.25, 0.3) is 0 Å². The van der Waals surface area contributed by atoms with Gasteiger partial charge in [-0.05, 0) is 26.9 Å². The Bertz CT molecular complexity index is 130. The van der Waals surface area contributed by atoms with Crippen LogP contribution in [0.3, 0.4) is 0 Å². The first kappa shape index (κ1) is 9.96. The van der Waals surface area contributed by atoms with Crippen molar-refractivity contribution in [1.29, 1.82) is 0 Å².